The first-order chi connectivity index (χ1) is 19.4. The molecule has 0 unspecified atom stereocenters. The summed E-state index contributed by atoms with van der Waals surface area (Å²) in [6.07, 6.45) is 4.26. The van der Waals surface area contributed by atoms with Crippen LogP contribution in [0.4, 0.5) is 0 Å². The molecule has 2 aliphatic rings. The Bertz CT molecular complexity index is 1880. The van der Waals surface area contributed by atoms with Crippen LogP contribution >= 0.6 is 45.2 Å². The predicted octanol–water partition coefficient (Wildman–Crippen LogP) is 10.1. The monoisotopic (exact) mass is 742 g/mol. The van der Waals surface area contributed by atoms with Crippen molar-refractivity contribution >= 4 is 86.6 Å². The molecule has 6 heteroatoms. The fraction of sp³-hybridized carbons (Fsp3) is 0.0588. The first-order valence-electron chi connectivity index (χ1n) is 13.1. The molecule has 4 nitrogen and oxygen atoms in total. The smallest absolute Gasteiger partial charge is 0.0803 e. The maximum atomic E-state index is 5.26. The van der Waals surface area contributed by atoms with Crippen LogP contribution in [-0.2, 0) is 0 Å². The van der Waals surface area contributed by atoms with Crippen molar-refractivity contribution in [2.45, 2.75) is 13.8 Å². The Morgan fingerprint density at radius 1 is 0.525 bits per heavy atom. The van der Waals surface area contributed by atoms with Gasteiger partial charge in [-0.2, -0.15) is 0 Å². The van der Waals surface area contributed by atoms with Gasteiger partial charge in [0.15, 0.2) is 0 Å². The number of aromatic amines is 2. The van der Waals surface area contributed by atoms with Gasteiger partial charge in [0.1, 0.15) is 0 Å². The quantitative estimate of drug-likeness (QED) is 0.174. The molecular weight excluding hydrogens is 718 g/mol. The van der Waals surface area contributed by atoms with Crippen molar-refractivity contribution in [3.63, 3.8) is 0 Å². The molecule has 5 heterocycles. The molecule has 2 aliphatic heterocycles. The third-order valence-corrected chi connectivity index (χ3v) is 10.5. The number of H-pyrrole nitrogens is 2. The van der Waals surface area contributed by atoms with Crippen molar-refractivity contribution in [2.75, 3.05) is 0 Å². The molecule has 0 fully saturated rings. The molecular formula is C34H24I2N4. The third-order valence-electron chi connectivity index (χ3n) is 7.26. The fourth-order valence-electron chi connectivity index (χ4n) is 5.19. The number of hydrogen-bond acceptors (Lipinski definition) is 2. The minimum Gasteiger partial charge on any atom is -0.355 e. The average molecular weight is 742 g/mol. The second-order valence-corrected chi connectivity index (χ2v) is 12.3. The predicted molar refractivity (Wildman–Crippen MR) is 185 cm³/mol. The second-order valence-electron chi connectivity index (χ2n) is 10.2. The highest BCUT2D eigenvalue weighted by Crippen LogP contribution is 2.40. The summed E-state index contributed by atoms with van der Waals surface area (Å²) in [6.45, 7) is 4.23. The van der Waals surface area contributed by atoms with E-state index >= 15 is 0 Å². The highest BCUT2D eigenvalue weighted by atomic mass is 127. The fourth-order valence-corrected chi connectivity index (χ4v) is 6.29. The molecule has 0 spiro atoms. The van der Waals surface area contributed by atoms with Gasteiger partial charge in [-0.15, -0.1) is 0 Å². The van der Waals surface area contributed by atoms with Crippen LogP contribution in [0.15, 0.2) is 84.9 Å². The van der Waals surface area contributed by atoms with E-state index in [1.54, 1.807) is 0 Å². The van der Waals surface area contributed by atoms with Gasteiger partial charge in [0.2, 0.25) is 0 Å². The van der Waals surface area contributed by atoms with Gasteiger partial charge < -0.3 is 9.97 Å². The molecule has 3 aromatic heterocycles. The zero-order chi connectivity index (χ0) is 27.4. The molecule has 0 amide bonds. The number of halogens is 2. The summed E-state index contributed by atoms with van der Waals surface area (Å²) in [6, 6.07) is 30.1. The van der Waals surface area contributed by atoms with Crippen LogP contribution in [0.5, 0.6) is 0 Å². The maximum absolute atomic E-state index is 5.26. The highest BCUT2D eigenvalue weighted by Gasteiger charge is 2.17. The van der Waals surface area contributed by atoms with Crippen molar-refractivity contribution in [3.8, 4) is 22.3 Å². The summed E-state index contributed by atoms with van der Waals surface area (Å²) in [4.78, 5) is 17.6. The van der Waals surface area contributed by atoms with Crippen molar-refractivity contribution < 1.29 is 0 Å². The summed E-state index contributed by atoms with van der Waals surface area (Å²) in [5.74, 6) is 0. The Labute approximate surface area is 259 Å². The van der Waals surface area contributed by atoms with Gasteiger partial charge in [0.25, 0.3) is 0 Å². The van der Waals surface area contributed by atoms with Crippen LogP contribution in [-0.4, -0.2) is 19.9 Å². The Hall–Kier alpha value is -3.50. The van der Waals surface area contributed by atoms with Gasteiger partial charge in [0.05, 0.1) is 29.9 Å². The van der Waals surface area contributed by atoms with Gasteiger partial charge in [-0.3, -0.25) is 0 Å². The SMILES string of the molecule is Cc1ccc(-c2c3nc(c(-c4ccc(C)cc4)c4ccc(cc5nc(cc6ccc2[nH]6)C(I)=C5I)[nH]4)C=C3)cc1. The standard InChI is InChI=1S/C34H24I2N4/c1-19-3-7-21(8-4-19)31-25-13-11-23(37-25)17-29-33(35)34(36)30(40-29)18-24-12-14-26(38-24)32(28-16-15-27(31)39-28)22-9-5-20(2)6-10-22/h3-18,37-38H,1-2H3. The van der Waals surface area contributed by atoms with E-state index in [4.69, 9.17) is 9.97 Å². The third kappa shape index (κ3) is 4.62. The van der Waals surface area contributed by atoms with Gasteiger partial charge in [-0.1, -0.05) is 59.7 Å². The lowest BCUT2D eigenvalue weighted by Gasteiger charge is -2.06. The summed E-state index contributed by atoms with van der Waals surface area (Å²) in [5.41, 5.74) is 14.7. The number of aromatic nitrogens is 4. The average Bonchev–Trinajstić information content (AvgIpc) is 3.75. The zero-order valence-electron chi connectivity index (χ0n) is 21.9. The molecule has 8 bridgehead atoms. The van der Waals surface area contributed by atoms with E-state index < -0.39 is 0 Å². The van der Waals surface area contributed by atoms with Crippen LogP contribution in [0.2, 0.25) is 0 Å². The van der Waals surface area contributed by atoms with Crippen LogP contribution in [0.25, 0.3) is 63.6 Å². The van der Waals surface area contributed by atoms with Crippen molar-refractivity contribution in [1.82, 2.24) is 19.9 Å². The number of hydrogen-bond donors (Lipinski definition) is 2. The Morgan fingerprint density at radius 3 is 1.38 bits per heavy atom. The second kappa shape index (κ2) is 10.2. The van der Waals surface area contributed by atoms with Gasteiger partial charge in [0, 0.05) is 33.2 Å². The topological polar surface area (TPSA) is 57.4 Å². The molecule has 5 aromatic rings. The Morgan fingerprint density at radius 2 is 0.950 bits per heavy atom. The van der Waals surface area contributed by atoms with Crippen molar-refractivity contribution in [2.24, 2.45) is 0 Å². The lowest BCUT2D eigenvalue weighted by atomic mass is 10.0. The molecule has 0 atom stereocenters. The Balaban J connectivity index is 1.64. The van der Waals surface area contributed by atoms with Gasteiger partial charge in [-0.05, 0) is 119 Å². The molecule has 0 saturated heterocycles. The minimum atomic E-state index is 0.931. The summed E-state index contributed by atoms with van der Waals surface area (Å²) >= 11 is 4.80. The molecule has 194 valence electrons. The van der Waals surface area contributed by atoms with Gasteiger partial charge >= 0.3 is 0 Å². The van der Waals surface area contributed by atoms with Crippen molar-refractivity contribution in [3.05, 3.63) is 119 Å². The minimum absolute atomic E-state index is 0.931. The van der Waals surface area contributed by atoms with E-state index in [9.17, 15) is 0 Å². The van der Waals surface area contributed by atoms with Crippen LogP contribution in [0.3, 0.4) is 0 Å². The number of aryl methyl sites for hydroxylation is 2. The normalized spacial score (nSPS) is 12.8. The molecule has 2 N–H and O–H groups in total. The Kier molecular flexibility index (Phi) is 6.47. The van der Waals surface area contributed by atoms with E-state index in [-0.39, 0.29) is 0 Å². The number of nitrogens with zero attached hydrogens (tertiary/aromatic N) is 2. The number of fused-ring (bicyclic) bond motifs is 8. The zero-order valence-corrected chi connectivity index (χ0v) is 26.2. The number of rotatable bonds is 2. The van der Waals surface area contributed by atoms with E-state index in [0.29, 0.717) is 0 Å². The molecule has 0 radical (unpaired) electrons. The highest BCUT2D eigenvalue weighted by molar-refractivity contribution is 14.1. The van der Waals surface area contributed by atoms with Crippen LogP contribution in [0, 0.1) is 13.8 Å². The van der Waals surface area contributed by atoms with Crippen molar-refractivity contribution in [1.29, 1.82) is 0 Å². The lowest BCUT2D eigenvalue weighted by Crippen LogP contribution is -1.88. The van der Waals surface area contributed by atoms with E-state index in [1.807, 2.05) is 0 Å². The lowest BCUT2D eigenvalue weighted by molar-refractivity contribution is 1.31. The van der Waals surface area contributed by atoms with E-state index in [2.05, 4.69) is 166 Å². The maximum Gasteiger partial charge on any atom is 0.0803 e. The van der Waals surface area contributed by atoms with Crippen LogP contribution < -0.4 is 0 Å². The molecule has 2 aromatic carbocycles. The molecule has 40 heavy (non-hydrogen) atoms. The molecule has 0 aliphatic carbocycles. The summed E-state index contributed by atoms with van der Waals surface area (Å²) < 4.78 is 2.29. The first kappa shape index (κ1) is 25.5. The number of benzene rings is 2. The molecule has 0 saturated carbocycles. The van der Waals surface area contributed by atoms with E-state index in [1.165, 1.54) is 11.1 Å². The van der Waals surface area contributed by atoms with Gasteiger partial charge in [-0.25, -0.2) is 9.97 Å². The summed E-state index contributed by atoms with van der Waals surface area (Å²) in [7, 11) is 0. The van der Waals surface area contributed by atoms with E-state index in [0.717, 1.165) is 74.3 Å². The molecule has 7 rings (SSSR count). The summed E-state index contributed by atoms with van der Waals surface area (Å²) in [5, 5.41) is 0. The number of nitrogens with one attached hydrogen (secondary N) is 2. The largest absolute Gasteiger partial charge is 0.355 e. The first-order valence-corrected chi connectivity index (χ1v) is 15.2. The van der Waals surface area contributed by atoms with Crippen LogP contribution in [0.1, 0.15) is 33.9 Å².